The van der Waals surface area contributed by atoms with Crippen molar-refractivity contribution in [2.24, 2.45) is 0 Å². The zero-order valence-electron chi connectivity index (χ0n) is 14.8. The molecule has 1 unspecified atom stereocenters. The minimum absolute atomic E-state index is 0.138. The predicted octanol–water partition coefficient (Wildman–Crippen LogP) is 4.26. The van der Waals surface area contributed by atoms with E-state index in [4.69, 9.17) is 0 Å². The van der Waals surface area contributed by atoms with E-state index in [0.29, 0.717) is 5.75 Å². The van der Waals surface area contributed by atoms with Crippen molar-refractivity contribution in [2.45, 2.75) is 30.3 Å². The number of hydrogen-bond acceptors (Lipinski definition) is 4. The highest BCUT2D eigenvalue weighted by atomic mass is 32.2. The molecule has 0 spiro atoms. The highest BCUT2D eigenvalue weighted by Gasteiger charge is 2.26. The number of carbonyl (C=O) groups excluding carboxylic acids is 1. The Morgan fingerprint density at radius 2 is 1.96 bits per heavy atom. The number of thioether (sulfide) groups is 1. The largest absolute Gasteiger partial charge is 0.338 e. The Labute approximate surface area is 157 Å². The molecule has 4 rings (SSSR count). The quantitative estimate of drug-likeness (QED) is 0.513. The minimum atomic E-state index is 0.138. The third kappa shape index (κ3) is 3.31. The normalized spacial score (nSPS) is 16.3. The summed E-state index contributed by atoms with van der Waals surface area (Å²) in [6, 6.07) is 16.6. The summed E-state index contributed by atoms with van der Waals surface area (Å²) in [6.45, 7) is 0. The maximum atomic E-state index is 12.8. The molecule has 0 saturated carbocycles. The molecule has 0 fully saturated rings. The number of carbonyl (C=O) groups is 1. The van der Waals surface area contributed by atoms with Crippen molar-refractivity contribution >= 4 is 28.6 Å². The maximum absolute atomic E-state index is 12.8. The average molecular weight is 363 g/mol. The molecule has 1 aliphatic carbocycles. The predicted molar refractivity (Wildman–Crippen MR) is 105 cm³/mol. The number of rotatable bonds is 4. The molecule has 3 aromatic rings. The summed E-state index contributed by atoms with van der Waals surface area (Å²) in [5.74, 6) is 0.523. The smallest absolute Gasteiger partial charge is 0.233 e. The molecule has 5 heteroatoms. The van der Waals surface area contributed by atoms with Crippen LogP contribution < -0.4 is 0 Å². The summed E-state index contributed by atoms with van der Waals surface area (Å²) in [7, 11) is 1.92. The Bertz CT molecular complexity index is 938. The second-order valence-corrected chi connectivity index (χ2v) is 7.56. The highest BCUT2D eigenvalue weighted by Crippen LogP contribution is 2.34. The number of aryl methyl sites for hydroxylation is 1. The van der Waals surface area contributed by atoms with Gasteiger partial charge in [-0.25, -0.2) is 9.97 Å². The van der Waals surface area contributed by atoms with Crippen molar-refractivity contribution in [1.29, 1.82) is 0 Å². The Kier molecular flexibility index (Phi) is 4.89. The van der Waals surface area contributed by atoms with Crippen LogP contribution in [-0.4, -0.2) is 33.6 Å². The van der Waals surface area contributed by atoms with Gasteiger partial charge in [-0.15, -0.1) is 0 Å². The summed E-state index contributed by atoms with van der Waals surface area (Å²) in [5.41, 5.74) is 3.58. The molecule has 2 aromatic carbocycles. The van der Waals surface area contributed by atoms with Crippen molar-refractivity contribution in [3.63, 3.8) is 0 Å². The van der Waals surface area contributed by atoms with E-state index >= 15 is 0 Å². The fourth-order valence-electron chi connectivity index (χ4n) is 3.63. The van der Waals surface area contributed by atoms with Gasteiger partial charge in [0.25, 0.3) is 0 Å². The monoisotopic (exact) mass is 363 g/mol. The first-order valence-electron chi connectivity index (χ1n) is 8.90. The highest BCUT2D eigenvalue weighted by molar-refractivity contribution is 8.00. The molecular formula is C21H21N3OS. The summed E-state index contributed by atoms with van der Waals surface area (Å²) < 4.78 is 0. The molecule has 1 atom stereocenters. The fraction of sp³-hybridized carbons (Fsp3) is 0.286. The van der Waals surface area contributed by atoms with Crippen LogP contribution in [0.15, 0.2) is 59.9 Å². The topological polar surface area (TPSA) is 46.1 Å². The zero-order valence-corrected chi connectivity index (χ0v) is 15.6. The molecule has 132 valence electrons. The zero-order chi connectivity index (χ0) is 17.9. The van der Waals surface area contributed by atoms with Gasteiger partial charge in [0.1, 0.15) is 11.4 Å². The number of nitrogens with zero attached hydrogens (tertiary/aromatic N) is 3. The molecule has 0 bridgehead atoms. The third-order valence-electron chi connectivity index (χ3n) is 5.04. The number of para-hydroxylation sites is 1. The van der Waals surface area contributed by atoms with Crippen LogP contribution in [0.2, 0.25) is 0 Å². The van der Waals surface area contributed by atoms with Crippen LogP contribution in [0.3, 0.4) is 0 Å². The summed E-state index contributed by atoms with van der Waals surface area (Å²) in [5, 5.41) is 1.86. The molecule has 0 aliphatic heterocycles. The van der Waals surface area contributed by atoms with Gasteiger partial charge in [-0.1, -0.05) is 54.2 Å². The minimum Gasteiger partial charge on any atom is -0.338 e. The number of benzene rings is 2. The van der Waals surface area contributed by atoms with Crippen LogP contribution in [0.5, 0.6) is 0 Å². The third-order valence-corrected chi connectivity index (χ3v) is 6.03. The van der Waals surface area contributed by atoms with E-state index in [1.807, 2.05) is 36.2 Å². The van der Waals surface area contributed by atoms with E-state index in [-0.39, 0.29) is 11.9 Å². The lowest BCUT2D eigenvalue weighted by Crippen LogP contribution is -2.34. The Morgan fingerprint density at radius 1 is 1.15 bits per heavy atom. The van der Waals surface area contributed by atoms with E-state index in [1.54, 1.807) is 6.33 Å². The van der Waals surface area contributed by atoms with Crippen LogP contribution in [0.4, 0.5) is 0 Å². The van der Waals surface area contributed by atoms with Gasteiger partial charge in [0.15, 0.2) is 0 Å². The van der Waals surface area contributed by atoms with Crippen LogP contribution in [0, 0.1) is 0 Å². The SMILES string of the molecule is CN(C(=O)CSc1ncnc2ccccc12)C1CCCc2ccccc21. The van der Waals surface area contributed by atoms with E-state index in [2.05, 4.69) is 34.2 Å². The lowest BCUT2D eigenvalue weighted by molar-refractivity contribution is -0.129. The Balaban J connectivity index is 1.48. The molecule has 1 heterocycles. The van der Waals surface area contributed by atoms with E-state index in [9.17, 15) is 4.79 Å². The summed E-state index contributed by atoms with van der Waals surface area (Å²) in [4.78, 5) is 23.4. The Hall–Kier alpha value is -2.40. The molecule has 0 radical (unpaired) electrons. The lowest BCUT2D eigenvalue weighted by atomic mass is 9.87. The van der Waals surface area contributed by atoms with Crippen molar-refractivity contribution in [3.8, 4) is 0 Å². The molecule has 1 aromatic heterocycles. The number of fused-ring (bicyclic) bond motifs is 2. The molecule has 1 amide bonds. The lowest BCUT2D eigenvalue weighted by Gasteiger charge is -2.33. The molecule has 1 aliphatic rings. The molecule has 4 nitrogen and oxygen atoms in total. The molecular weight excluding hydrogens is 342 g/mol. The first-order valence-corrected chi connectivity index (χ1v) is 9.88. The Morgan fingerprint density at radius 3 is 2.88 bits per heavy atom. The van der Waals surface area contributed by atoms with Gasteiger partial charge < -0.3 is 4.90 Å². The van der Waals surface area contributed by atoms with E-state index < -0.39 is 0 Å². The molecule has 26 heavy (non-hydrogen) atoms. The summed E-state index contributed by atoms with van der Waals surface area (Å²) in [6.07, 6.45) is 4.83. The second-order valence-electron chi connectivity index (χ2n) is 6.60. The fourth-order valence-corrected chi connectivity index (χ4v) is 4.55. The number of aromatic nitrogens is 2. The van der Waals surface area contributed by atoms with Crippen molar-refractivity contribution < 1.29 is 4.79 Å². The van der Waals surface area contributed by atoms with Crippen LogP contribution in [0.1, 0.15) is 30.0 Å². The van der Waals surface area contributed by atoms with Gasteiger partial charge in [-0.2, -0.15) is 0 Å². The van der Waals surface area contributed by atoms with Gasteiger partial charge in [0.05, 0.1) is 17.3 Å². The number of hydrogen-bond donors (Lipinski definition) is 0. The van der Waals surface area contributed by atoms with Crippen LogP contribution in [0.25, 0.3) is 10.9 Å². The van der Waals surface area contributed by atoms with E-state index in [0.717, 1.165) is 35.2 Å². The van der Waals surface area contributed by atoms with Gasteiger partial charge >= 0.3 is 0 Å². The van der Waals surface area contributed by atoms with Gasteiger partial charge in [0.2, 0.25) is 5.91 Å². The van der Waals surface area contributed by atoms with Crippen molar-refractivity contribution in [2.75, 3.05) is 12.8 Å². The van der Waals surface area contributed by atoms with Gasteiger partial charge in [0, 0.05) is 12.4 Å². The molecule has 0 N–H and O–H groups in total. The van der Waals surface area contributed by atoms with Gasteiger partial charge in [-0.3, -0.25) is 4.79 Å². The second kappa shape index (κ2) is 7.46. The number of amides is 1. The van der Waals surface area contributed by atoms with E-state index in [1.165, 1.54) is 22.9 Å². The van der Waals surface area contributed by atoms with Crippen LogP contribution in [-0.2, 0) is 11.2 Å². The molecule has 0 saturated heterocycles. The van der Waals surface area contributed by atoms with Crippen LogP contribution >= 0.6 is 11.8 Å². The average Bonchev–Trinajstić information content (AvgIpc) is 2.71. The first-order chi connectivity index (χ1) is 12.7. The van der Waals surface area contributed by atoms with Crippen molar-refractivity contribution in [1.82, 2.24) is 14.9 Å². The van der Waals surface area contributed by atoms with Crippen molar-refractivity contribution in [3.05, 3.63) is 66.0 Å². The first kappa shape index (κ1) is 17.0. The van der Waals surface area contributed by atoms with Gasteiger partial charge in [-0.05, 0) is 36.5 Å². The standard InChI is InChI=1S/C21H21N3OS/c1-24(19-12-6-8-15-7-2-3-9-16(15)19)20(25)13-26-21-17-10-4-5-11-18(17)22-14-23-21/h2-5,7,9-11,14,19H,6,8,12-13H2,1H3. The maximum Gasteiger partial charge on any atom is 0.233 e. The summed E-state index contributed by atoms with van der Waals surface area (Å²) >= 11 is 1.49.